The number of pyridine rings is 2. The number of fused-ring (bicyclic) bond motifs is 1. The lowest BCUT2D eigenvalue weighted by molar-refractivity contribution is 0.757. The number of nitrogens with zero attached hydrogens (tertiary/aromatic N) is 3. The Kier molecular flexibility index (Phi) is 2.54. The molecule has 0 atom stereocenters. The van der Waals surface area contributed by atoms with Gasteiger partial charge >= 0.3 is 0 Å². The fourth-order valence-corrected chi connectivity index (χ4v) is 1.57. The molecular weight excluding hydrogens is 186 g/mol. The summed E-state index contributed by atoms with van der Waals surface area (Å²) in [6, 6.07) is 4.53. The van der Waals surface area contributed by atoms with E-state index < -0.39 is 0 Å². The van der Waals surface area contributed by atoms with Gasteiger partial charge in [0.2, 0.25) is 0 Å². The lowest BCUT2D eigenvalue weighted by Crippen LogP contribution is -2.25. The topological polar surface area (TPSA) is 29.0 Å². The quantitative estimate of drug-likeness (QED) is 0.747. The first kappa shape index (κ1) is 9.90. The third kappa shape index (κ3) is 1.77. The van der Waals surface area contributed by atoms with Crippen LogP contribution in [0.15, 0.2) is 30.7 Å². The Hall–Kier alpha value is -1.64. The molecule has 0 saturated heterocycles. The molecule has 3 heteroatoms. The van der Waals surface area contributed by atoms with Crippen LogP contribution in [-0.2, 0) is 0 Å². The van der Waals surface area contributed by atoms with Gasteiger partial charge < -0.3 is 4.90 Å². The maximum Gasteiger partial charge on any atom is 0.0905 e. The molecule has 15 heavy (non-hydrogen) atoms. The first-order chi connectivity index (χ1) is 7.20. The maximum absolute atomic E-state index is 4.29. The van der Waals surface area contributed by atoms with Crippen LogP contribution in [0, 0.1) is 0 Å². The molecule has 78 valence electrons. The summed E-state index contributed by atoms with van der Waals surface area (Å²) in [7, 11) is 2.10. The zero-order chi connectivity index (χ0) is 10.8. The van der Waals surface area contributed by atoms with Gasteiger partial charge in [0.15, 0.2) is 0 Å². The van der Waals surface area contributed by atoms with Crippen molar-refractivity contribution in [3.05, 3.63) is 30.7 Å². The summed E-state index contributed by atoms with van der Waals surface area (Å²) in [4.78, 5) is 10.6. The summed E-state index contributed by atoms with van der Waals surface area (Å²) in [5, 5.41) is 1.16. The minimum atomic E-state index is 0.476. The van der Waals surface area contributed by atoms with E-state index in [1.165, 1.54) is 5.69 Å². The highest BCUT2D eigenvalue weighted by Gasteiger charge is 2.08. The lowest BCUT2D eigenvalue weighted by Gasteiger charge is -2.24. The Labute approximate surface area is 89.8 Å². The maximum atomic E-state index is 4.29. The number of rotatable bonds is 2. The second-order valence-corrected chi connectivity index (χ2v) is 3.93. The van der Waals surface area contributed by atoms with Crippen LogP contribution in [0.1, 0.15) is 13.8 Å². The van der Waals surface area contributed by atoms with Crippen molar-refractivity contribution >= 4 is 16.6 Å². The van der Waals surface area contributed by atoms with Crippen LogP contribution in [0.25, 0.3) is 10.9 Å². The van der Waals surface area contributed by atoms with Crippen molar-refractivity contribution in [2.75, 3.05) is 11.9 Å². The van der Waals surface area contributed by atoms with E-state index in [1.807, 2.05) is 24.5 Å². The molecule has 0 aromatic carbocycles. The minimum absolute atomic E-state index is 0.476. The number of aromatic nitrogens is 2. The molecule has 0 radical (unpaired) electrons. The summed E-state index contributed by atoms with van der Waals surface area (Å²) in [6.45, 7) is 4.35. The first-order valence-corrected chi connectivity index (χ1v) is 5.11. The van der Waals surface area contributed by atoms with E-state index in [-0.39, 0.29) is 0 Å². The van der Waals surface area contributed by atoms with Crippen LogP contribution in [0.5, 0.6) is 0 Å². The molecule has 0 aliphatic rings. The number of anilines is 1. The smallest absolute Gasteiger partial charge is 0.0905 e. The highest BCUT2D eigenvalue weighted by Crippen LogP contribution is 2.24. The van der Waals surface area contributed by atoms with Gasteiger partial charge in [-0.05, 0) is 26.0 Å². The molecule has 0 amide bonds. The molecule has 2 rings (SSSR count). The Balaban J connectivity index is 2.60. The third-order valence-electron chi connectivity index (χ3n) is 2.68. The minimum Gasteiger partial charge on any atom is -0.372 e. The van der Waals surface area contributed by atoms with E-state index in [4.69, 9.17) is 0 Å². The fourth-order valence-electron chi connectivity index (χ4n) is 1.57. The van der Waals surface area contributed by atoms with E-state index in [9.17, 15) is 0 Å². The third-order valence-corrected chi connectivity index (χ3v) is 2.68. The molecule has 0 aliphatic heterocycles. The van der Waals surface area contributed by atoms with Crippen molar-refractivity contribution in [1.82, 2.24) is 9.97 Å². The predicted octanol–water partition coefficient (Wildman–Crippen LogP) is 2.47. The highest BCUT2D eigenvalue weighted by molar-refractivity contribution is 5.90. The van der Waals surface area contributed by atoms with Gasteiger partial charge in [-0.3, -0.25) is 9.97 Å². The van der Waals surface area contributed by atoms with Crippen molar-refractivity contribution in [2.24, 2.45) is 0 Å². The average molecular weight is 201 g/mol. The van der Waals surface area contributed by atoms with Crippen molar-refractivity contribution in [2.45, 2.75) is 19.9 Å². The summed E-state index contributed by atoms with van der Waals surface area (Å²) >= 11 is 0. The molecule has 2 aromatic heterocycles. The lowest BCUT2D eigenvalue weighted by atomic mass is 10.2. The first-order valence-electron chi connectivity index (χ1n) is 5.11. The largest absolute Gasteiger partial charge is 0.372 e. The van der Waals surface area contributed by atoms with Crippen LogP contribution in [-0.4, -0.2) is 23.1 Å². The fraction of sp³-hybridized carbons (Fsp3) is 0.333. The van der Waals surface area contributed by atoms with Gasteiger partial charge in [-0.25, -0.2) is 0 Å². The number of hydrogen-bond acceptors (Lipinski definition) is 3. The van der Waals surface area contributed by atoms with E-state index >= 15 is 0 Å². The van der Waals surface area contributed by atoms with Crippen LogP contribution in [0.2, 0.25) is 0 Å². The molecule has 0 fully saturated rings. The Morgan fingerprint density at radius 2 is 2.00 bits per heavy atom. The van der Waals surface area contributed by atoms with Gasteiger partial charge in [0.05, 0.1) is 11.7 Å². The number of hydrogen-bond donors (Lipinski definition) is 0. The van der Waals surface area contributed by atoms with Crippen molar-refractivity contribution in [3.8, 4) is 0 Å². The van der Waals surface area contributed by atoms with E-state index in [0.717, 1.165) is 10.9 Å². The van der Waals surface area contributed by atoms with Crippen molar-refractivity contribution in [3.63, 3.8) is 0 Å². The second-order valence-electron chi connectivity index (χ2n) is 3.93. The molecule has 3 nitrogen and oxygen atoms in total. The van der Waals surface area contributed by atoms with E-state index in [0.29, 0.717) is 6.04 Å². The standard InChI is InChI=1S/C12H15N3/c1-9(2)15(3)12-5-7-14-11-8-13-6-4-10(11)12/h4-9H,1-3H3. The molecule has 0 unspecified atom stereocenters. The van der Waals surface area contributed by atoms with Crippen LogP contribution in [0.3, 0.4) is 0 Å². The SMILES string of the molecule is CC(C)N(C)c1ccnc2cnccc12. The van der Waals surface area contributed by atoms with E-state index in [1.54, 1.807) is 6.20 Å². The van der Waals surface area contributed by atoms with E-state index in [2.05, 4.69) is 35.8 Å². The molecule has 0 bridgehead atoms. The van der Waals surface area contributed by atoms with Crippen molar-refractivity contribution in [1.29, 1.82) is 0 Å². The van der Waals surface area contributed by atoms with Crippen LogP contribution >= 0.6 is 0 Å². The summed E-state index contributed by atoms with van der Waals surface area (Å²) in [5.74, 6) is 0. The predicted molar refractivity (Wildman–Crippen MR) is 63.1 cm³/mol. The molecule has 0 spiro atoms. The van der Waals surface area contributed by atoms with Crippen LogP contribution in [0.4, 0.5) is 5.69 Å². The van der Waals surface area contributed by atoms with Gasteiger partial charge in [-0.2, -0.15) is 0 Å². The highest BCUT2D eigenvalue weighted by atomic mass is 15.1. The summed E-state index contributed by atoms with van der Waals surface area (Å²) in [6.07, 6.45) is 5.44. The average Bonchev–Trinajstić information content (AvgIpc) is 2.27. The van der Waals surface area contributed by atoms with Gasteiger partial charge in [0, 0.05) is 36.6 Å². The van der Waals surface area contributed by atoms with Gasteiger partial charge in [-0.15, -0.1) is 0 Å². The normalized spacial score (nSPS) is 10.9. The Morgan fingerprint density at radius 1 is 1.20 bits per heavy atom. The molecular formula is C12H15N3. The molecule has 0 aliphatic carbocycles. The van der Waals surface area contributed by atoms with Crippen molar-refractivity contribution < 1.29 is 0 Å². The second kappa shape index (κ2) is 3.85. The molecule has 2 aromatic rings. The van der Waals surface area contributed by atoms with Gasteiger partial charge in [0.1, 0.15) is 0 Å². The Bertz CT molecular complexity index is 460. The van der Waals surface area contributed by atoms with Gasteiger partial charge in [0.25, 0.3) is 0 Å². The molecule has 0 N–H and O–H groups in total. The van der Waals surface area contributed by atoms with Crippen LogP contribution < -0.4 is 4.90 Å². The zero-order valence-corrected chi connectivity index (χ0v) is 9.31. The molecule has 2 heterocycles. The Morgan fingerprint density at radius 3 is 2.73 bits per heavy atom. The summed E-state index contributed by atoms with van der Waals surface area (Å²) in [5.41, 5.74) is 2.15. The monoisotopic (exact) mass is 201 g/mol. The zero-order valence-electron chi connectivity index (χ0n) is 9.31. The summed E-state index contributed by atoms with van der Waals surface area (Å²) < 4.78 is 0. The molecule has 0 saturated carbocycles. The van der Waals surface area contributed by atoms with Gasteiger partial charge in [-0.1, -0.05) is 0 Å².